The maximum atomic E-state index is 12.3. The fraction of sp³-hybridized carbons (Fsp3) is 0.211. The van der Waals surface area contributed by atoms with Gasteiger partial charge in [-0.2, -0.15) is 0 Å². The van der Waals surface area contributed by atoms with E-state index in [1.54, 1.807) is 12.1 Å². The molecule has 1 heterocycles. The third kappa shape index (κ3) is 4.79. The number of aryl methyl sites for hydroxylation is 1. The second kappa shape index (κ2) is 7.71. The first kappa shape index (κ1) is 18.8. The van der Waals surface area contributed by atoms with Gasteiger partial charge in [-0.25, -0.2) is 8.42 Å². The maximum Gasteiger partial charge on any atom is 0.229 e. The molecule has 0 aliphatic carbocycles. The number of nitrogens with one attached hydrogen (secondary N) is 3. The second-order valence-corrected chi connectivity index (χ2v) is 7.95. The molecule has 0 saturated carbocycles. The van der Waals surface area contributed by atoms with Crippen LogP contribution in [0.2, 0.25) is 0 Å². The molecule has 27 heavy (non-hydrogen) atoms. The predicted molar refractivity (Wildman–Crippen MR) is 107 cm³/mol. The van der Waals surface area contributed by atoms with Crippen LogP contribution in [-0.2, 0) is 21.2 Å². The van der Waals surface area contributed by atoms with Gasteiger partial charge in [0.2, 0.25) is 15.9 Å². The van der Waals surface area contributed by atoms with Crippen molar-refractivity contribution in [3.8, 4) is 5.75 Å². The van der Waals surface area contributed by atoms with Crippen LogP contribution in [0.25, 0.3) is 10.9 Å². The number of carbonyl (C=O) groups is 1. The Hall–Kier alpha value is -3.00. The Morgan fingerprint density at radius 1 is 1.19 bits per heavy atom. The van der Waals surface area contributed by atoms with E-state index in [4.69, 9.17) is 4.74 Å². The lowest BCUT2D eigenvalue weighted by Gasteiger charge is -2.12. The third-order valence-corrected chi connectivity index (χ3v) is 4.67. The zero-order valence-corrected chi connectivity index (χ0v) is 15.9. The van der Waals surface area contributed by atoms with Crippen molar-refractivity contribution >= 4 is 38.2 Å². The monoisotopic (exact) mass is 387 g/mol. The van der Waals surface area contributed by atoms with Gasteiger partial charge >= 0.3 is 0 Å². The summed E-state index contributed by atoms with van der Waals surface area (Å²) in [5.41, 5.74) is 2.88. The number of anilines is 2. The number of para-hydroxylation sites is 1. The molecule has 0 bridgehead atoms. The van der Waals surface area contributed by atoms with E-state index >= 15 is 0 Å². The van der Waals surface area contributed by atoms with E-state index in [0.717, 1.165) is 22.7 Å². The maximum absolute atomic E-state index is 12.3. The Bertz CT molecular complexity index is 1070. The predicted octanol–water partition coefficient (Wildman–Crippen LogP) is 3.12. The molecule has 0 spiro atoms. The first-order valence-electron chi connectivity index (χ1n) is 8.36. The highest BCUT2D eigenvalue weighted by Gasteiger charge is 2.11. The van der Waals surface area contributed by atoms with E-state index in [9.17, 15) is 13.2 Å². The van der Waals surface area contributed by atoms with Gasteiger partial charge in [0.15, 0.2) is 0 Å². The van der Waals surface area contributed by atoms with Crippen molar-refractivity contribution in [2.24, 2.45) is 0 Å². The molecule has 1 amide bonds. The molecular weight excluding hydrogens is 366 g/mol. The lowest BCUT2D eigenvalue weighted by Crippen LogP contribution is -2.14. The van der Waals surface area contributed by atoms with Gasteiger partial charge in [0.25, 0.3) is 0 Å². The number of H-pyrrole nitrogens is 1. The van der Waals surface area contributed by atoms with Crippen molar-refractivity contribution in [1.82, 2.24) is 4.98 Å². The molecule has 1 aromatic heterocycles. The van der Waals surface area contributed by atoms with E-state index in [1.807, 2.05) is 30.5 Å². The van der Waals surface area contributed by atoms with Gasteiger partial charge in [0.1, 0.15) is 5.75 Å². The fourth-order valence-corrected chi connectivity index (χ4v) is 3.43. The Labute approximate surface area is 157 Å². The molecule has 0 saturated heterocycles. The van der Waals surface area contributed by atoms with Crippen LogP contribution in [0.15, 0.2) is 48.7 Å². The smallest absolute Gasteiger partial charge is 0.229 e. The number of fused-ring (bicyclic) bond motifs is 1. The molecule has 2 aromatic carbocycles. The van der Waals surface area contributed by atoms with Gasteiger partial charge in [0.05, 0.1) is 19.1 Å². The number of hydrogen-bond donors (Lipinski definition) is 3. The summed E-state index contributed by atoms with van der Waals surface area (Å²) in [7, 11) is -2.02. The van der Waals surface area contributed by atoms with E-state index in [-0.39, 0.29) is 11.6 Å². The Morgan fingerprint density at radius 3 is 2.70 bits per heavy atom. The van der Waals surface area contributed by atoms with Crippen LogP contribution in [0, 0.1) is 0 Å². The largest absolute Gasteiger partial charge is 0.495 e. The lowest BCUT2D eigenvalue weighted by molar-refractivity contribution is -0.116. The standard InChI is InChI=1S/C19H21N3O4S/c1-26-18-9-8-14(11-17(18)22-27(2,24)25)21-19(23)10-7-13-12-20-16-6-4-3-5-15(13)16/h3-6,8-9,11-12,20,22H,7,10H2,1-2H3,(H,21,23). The van der Waals surface area contributed by atoms with Crippen LogP contribution in [-0.4, -0.2) is 32.7 Å². The molecule has 0 radical (unpaired) electrons. The van der Waals surface area contributed by atoms with E-state index in [0.29, 0.717) is 24.3 Å². The van der Waals surface area contributed by atoms with E-state index < -0.39 is 10.0 Å². The van der Waals surface area contributed by atoms with Crippen molar-refractivity contribution < 1.29 is 17.9 Å². The molecule has 3 N–H and O–H groups in total. The highest BCUT2D eigenvalue weighted by Crippen LogP contribution is 2.28. The Balaban J connectivity index is 1.67. The van der Waals surface area contributed by atoms with Gasteiger partial charge in [-0.15, -0.1) is 0 Å². The fourth-order valence-electron chi connectivity index (χ4n) is 2.88. The summed E-state index contributed by atoms with van der Waals surface area (Å²) in [5, 5.41) is 3.90. The average Bonchev–Trinajstić information content (AvgIpc) is 3.02. The van der Waals surface area contributed by atoms with Gasteiger partial charge in [-0.05, 0) is 36.2 Å². The highest BCUT2D eigenvalue weighted by atomic mass is 32.2. The number of carbonyl (C=O) groups excluding carboxylic acids is 1. The van der Waals surface area contributed by atoms with Gasteiger partial charge in [-0.3, -0.25) is 9.52 Å². The first-order valence-corrected chi connectivity index (χ1v) is 10.3. The normalized spacial score (nSPS) is 11.3. The molecule has 0 aliphatic heterocycles. The number of amides is 1. The first-order chi connectivity index (χ1) is 12.9. The van der Waals surface area contributed by atoms with Crippen LogP contribution >= 0.6 is 0 Å². The summed E-state index contributed by atoms with van der Waals surface area (Å²) in [6.07, 6.45) is 3.88. The van der Waals surface area contributed by atoms with Crippen molar-refractivity contribution in [1.29, 1.82) is 0 Å². The summed E-state index contributed by atoms with van der Waals surface area (Å²) in [6, 6.07) is 12.7. The van der Waals surface area contributed by atoms with Crippen LogP contribution in [0.3, 0.4) is 0 Å². The molecular formula is C19H21N3O4S. The average molecular weight is 387 g/mol. The second-order valence-electron chi connectivity index (χ2n) is 6.20. The topological polar surface area (TPSA) is 100 Å². The van der Waals surface area contributed by atoms with Crippen LogP contribution in [0.1, 0.15) is 12.0 Å². The number of sulfonamides is 1. The zero-order valence-electron chi connectivity index (χ0n) is 15.1. The van der Waals surface area contributed by atoms with Crippen LogP contribution < -0.4 is 14.8 Å². The quantitative estimate of drug-likeness (QED) is 0.580. The molecule has 0 fully saturated rings. The number of rotatable bonds is 7. The summed E-state index contributed by atoms with van der Waals surface area (Å²) in [5.74, 6) is 0.216. The van der Waals surface area contributed by atoms with Crippen LogP contribution in [0.5, 0.6) is 5.75 Å². The highest BCUT2D eigenvalue weighted by molar-refractivity contribution is 7.92. The molecule has 0 atom stereocenters. The lowest BCUT2D eigenvalue weighted by atomic mass is 10.1. The van der Waals surface area contributed by atoms with Crippen molar-refractivity contribution in [3.63, 3.8) is 0 Å². The minimum Gasteiger partial charge on any atom is -0.495 e. The molecule has 0 aliphatic rings. The number of hydrogen-bond acceptors (Lipinski definition) is 4. The summed E-state index contributed by atoms with van der Waals surface area (Å²) >= 11 is 0. The molecule has 8 heteroatoms. The minimum atomic E-state index is -3.46. The molecule has 3 aromatic rings. The number of aromatic amines is 1. The molecule has 7 nitrogen and oxygen atoms in total. The van der Waals surface area contributed by atoms with Crippen molar-refractivity contribution in [2.45, 2.75) is 12.8 Å². The van der Waals surface area contributed by atoms with Gasteiger partial charge in [0, 0.05) is 29.2 Å². The number of aromatic nitrogens is 1. The number of benzene rings is 2. The van der Waals surface area contributed by atoms with E-state index in [2.05, 4.69) is 15.0 Å². The third-order valence-electron chi connectivity index (χ3n) is 4.07. The summed E-state index contributed by atoms with van der Waals surface area (Å²) < 4.78 is 30.5. The van der Waals surface area contributed by atoms with Gasteiger partial charge in [-0.1, -0.05) is 18.2 Å². The molecule has 142 valence electrons. The zero-order chi connectivity index (χ0) is 19.4. The van der Waals surface area contributed by atoms with Crippen LogP contribution in [0.4, 0.5) is 11.4 Å². The van der Waals surface area contributed by atoms with Crippen molar-refractivity contribution in [3.05, 3.63) is 54.2 Å². The van der Waals surface area contributed by atoms with E-state index in [1.165, 1.54) is 13.2 Å². The molecule has 3 rings (SSSR count). The number of ether oxygens (including phenoxy) is 1. The minimum absolute atomic E-state index is 0.157. The SMILES string of the molecule is COc1ccc(NC(=O)CCc2c[nH]c3ccccc23)cc1NS(C)(=O)=O. The Morgan fingerprint density at radius 2 is 1.96 bits per heavy atom. The summed E-state index contributed by atoms with van der Waals surface area (Å²) in [6.45, 7) is 0. The number of methoxy groups -OCH3 is 1. The summed E-state index contributed by atoms with van der Waals surface area (Å²) in [4.78, 5) is 15.5. The Kier molecular flexibility index (Phi) is 5.36. The van der Waals surface area contributed by atoms with Crippen molar-refractivity contribution in [2.75, 3.05) is 23.4 Å². The molecule has 0 unspecified atom stereocenters. The van der Waals surface area contributed by atoms with Gasteiger partial charge < -0.3 is 15.0 Å².